The zero-order valence-electron chi connectivity index (χ0n) is 16.6. The molecule has 0 bridgehead atoms. The van der Waals surface area contributed by atoms with E-state index in [1.54, 1.807) is 4.90 Å². The summed E-state index contributed by atoms with van der Waals surface area (Å²) in [6.45, 7) is 3.03. The molecule has 3 aromatic carbocycles. The normalized spacial score (nSPS) is 15.1. The van der Waals surface area contributed by atoms with Gasteiger partial charge in [-0.25, -0.2) is 0 Å². The Balaban J connectivity index is 1.53. The van der Waals surface area contributed by atoms with Gasteiger partial charge in [0.2, 0.25) is 0 Å². The summed E-state index contributed by atoms with van der Waals surface area (Å²) < 4.78 is 6.66. The first-order chi connectivity index (χ1) is 14.6. The number of hydrogen-bond donors (Lipinski definition) is 0. The molecule has 1 aliphatic heterocycles. The van der Waals surface area contributed by atoms with Gasteiger partial charge in [0.15, 0.2) is 0 Å². The van der Waals surface area contributed by atoms with Crippen LogP contribution in [-0.4, -0.2) is 15.1 Å². The summed E-state index contributed by atoms with van der Waals surface area (Å²) >= 11 is 6.80. The predicted molar refractivity (Wildman–Crippen MR) is 127 cm³/mol. The molecule has 3 aromatic rings. The number of aryl methyl sites for hydroxylation is 1. The van der Waals surface area contributed by atoms with Crippen LogP contribution in [0.4, 0.5) is 0 Å². The van der Waals surface area contributed by atoms with Crippen molar-refractivity contribution in [2.75, 3.05) is 0 Å². The van der Waals surface area contributed by atoms with Gasteiger partial charge in [0, 0.05) is 5.56 Å². The van der Waals surface area contributed by atoms with Crippen LogP contribution in [0.2, 0.25) is 0 Å². The third-order valence-electron chi connectivity index (χ3n) is 4.91. The quantitative estimate of drug-likeness (QED) is 0.355. The molecule has 5 heteroatoms. The highest BCUT2D eigenvalue weighted by Crippen LogP contribution is 2.35. The molecule has 0 unspecified atom stereocenters. The zero-order valence-corrected chi connectivity index (χ0v) is 18.2. The monoisotopic (exact) mass is 431 g/mol. The lowest BCUT2D eigenvalue weighted by molar-refractivity contribution is -0.122. The molecule has 0 spiro atoms. The number of carbonyl (C=O) groups is 1. The highest BCUT2D eigenvalue weighted by atomic mass is 32.2. The summed E-state index contributed by atoms with van der Waals surface area (Å²) in [7, 11) is 0. The molecule has 1 heterocycles. The fourth-order valence-corrected chi connectivity index (χ4v) is 4.45. The van der Waals surface area contributed by atoms with Gasteiger partial charge in [-0.3, -0.25) is 9.69 Å². The third kappa shape index (κ3) is 4.64. The second kappa shape index (κ2) is 9.28. The molecule has 4 rings (SSSR count). The van der Waals surface area contributed by atoms with E-state index >= 15 is 0 Å². The van der Waals surface area contributed by atoms with E-state index < -0.39 is 0 Å². The fraction of sp³-hybridized carbons (Fsp3) is 0.120. The van der Waals surface area contributed by atoms with E-state index in [2.05, 4.69) is 19.1 Å². The van der Waals surface area contributed by atoms with E-state index in [1.807, 2.05) is 72.8 Å². The predicted octanol–water partition coefficient (Wildman–Crippen LogP) is 5.98. The van der Waals surface area contributed by atoms with Crippen LogP contribution in [0.1, 0.15) is 22.3 Å². The first kappa shape index (κ1) is 20.4. The van der Waals surface area contributed by atoms with Crippen molar-refractivity contribution in [3.8, 4) is 5.75 Å². The molecule has 0 aromatic heterocycles. The summed E-state index contributed by atoms with van der Waals surface area (Å²) in [5.74, 6) is 0.677. The van der Waals surface area contributed by atoms with E-state index in [0.29, 0.717) is 22.4 Å². The number of thioether (sulfide) groups is 1. The van der Waals surface area contributed by atoms with Gasteiger partial charge in [-0.15, -0.1) is 0 Å². The van der Waals surface area contributed by atoms with Gasteiger partial charge in [-0.1, -0.05) is 96.8 Å². The minimum atomic E-state index is -0.0671. The van der Waals surface area contributed by atoms with Gasteiger partial charge in [0.05, 0.1) is 11.4 Å². The highest BCUT2D eigenvalue weighted by molar-refractivity contribution is 8.26. The molecule has 1 saturated heterocycles. The van der Waals surface area contributed by atoms with Crippen LogP contribution < -0.4 is 4.74 Å². The maximum Gasteiger partial charge on any atom is 0.266 e. The van der Waals surface area contributed by atoms with Crippen molar-refractivity contribution in [3.63, 3.8) is 0 Å². The van der Waals surface area contributed by atoms with Gasteiger partial charge in [-0.2, -0.15) is 0 Å². The largest absolute Gasteiger partial charge is 0.488 e. The van der Waals surface area contributed by atoms with Crippen LogP contribution in [0.5, 0.6) is 5.75 Å². The van der Waals surface area contributed by atoms with Crippen molar-refractivity contribution in [1.82, 2.24) is 4.90 Å². The second-order valence-electron chi connectivity index (χ2n) is 7.01. The van der Waals surface area contributed by atoms with Crippen molar-refractivity contribution < 1.29 is 9.53 Å². The number of ether oxygens (including phenoxy) is 1. The van der Waals surface area contributed by atoms with Crippen LogP contribution in [0.15, 0.2) is 83.8 Å². The van der Waals surface area contributed by atoms with Crippen molar-refractivity contribution in [2.24, 2.45) is 0 Å². The molecule has 1 fully saturated rings. The van der Waals surface area contributed by atoms with Gasteiger partial charge in [0.25, 0.3) is 5.91 Å². The number of carbonyl (C=O) groups excluding carboxylic acids is 1. The molecule has 0 atom stereocenters. The van der Waals surface area contributed by atoms with E-state index in [1.165, 1.54) is 17.3 Å². The van der Waals surface area contributed by atoms with E-state index in [0.717, 1.165) is 22.4 Å². The number of thiocarbonyl (C=S) groups is 1. The average Bonchev–Trinajstić information content (AvgIpc) is 3.02. The first-order valence-electron chi connectivity index (χ1n) is 9.67. The standard InChI is InChI=1S/C25H21NO2S2/c1-18-9-5-6-13-21(18)17-28-22-14-8-7-12-20(22)15-23-24(27)26(25(29)30-23)16-19-10-3-2-4-11-19/h2-15H,16-17H2,1H3. The molecule has 0 N–H and O–H groups in total. The number of rotatable bonds is 6. The molecular weight excluding hydrogens is 410 g/mol. The number of nitrogens with zero attached hydrogens (tertiary/aromatic N) is 1. The Hall–Kier alpha value is -2.89. The van der Waals surface area contributed by atoms with E-state index in [-0.39, 0.29) is 5.91 Å². The Labute approximate surface area is 186 Å². The molecule has 3 nitrogen and oxygen atoms in total. The van der Waals surface area contributed by atoms with Crippen LogP contribution in [-0.2, 0) is 17.9 Å². The van der Waals surface area contributed by atoms with Crippen molar-refractivity contribution >= 4 is 40.3 Å². The molecule has 0 radical (unpaired) electrons. The number of para-hydroxylation sites is 1. The average molecular weight is 432 g/mol. The third-order valence-corrected chi connectivity index (χ3v) is 6.28. The fourth-order valence-electron chi connectivity index (χ4n) is 3.20. The molecular formula is C25H21NO2S2. The minimum Gasteiger partial charge on any atom is -0.488 e. The SMILES string of the molecule is Cc1ccccc1COc1ccccc1C=C1SC(=S)N(Cc2ccccc2)C1=O. The molecule has 150 valence electrons. The Morgan fingerprint density at radius 3 is 2.47 bits per heavy atom. The van der Waals surface area contributed by atoms with Crippen molar-refractivity contribution in [1.29, 1.82) is 0 Å². The summed E-state index contributed by atoms with van der Waals surface area (Å²) in [5, 5.41) is 0. The van der Waals surface area contributed by atoms with Crippen molar-refractivity contribution in [3.05, 3.63) is 106 Å². The second-order valence-corrected chi connectivity index (χ2v) is 8.68. The van der Waals surface area contributed by atoms with Crippen LogP contribution in [0.3, 0.4) is 0 Å². The maximum absolute atomic E-state index is 13.0. The minimum absolute atomic E-state index is 0.0671. The maximum atomic E-state index is 13.0. The smallest absolute Gasteiger partial charge is 0.266 e. The Bertz CT molecular complexity index is 1110. The van der Waals surface area contributed by atoms with Crippen LogP contribution in [0, 0.1) is 6.92 Å². The molecule has 0 saturated carbocycles. The van der Waals surface area contributed by atoms with Gasteiger partial charge in [0.1, 0.15) is 16.7 Å². The van der Waals surface area contributed by atoms with Crippen LogP contribution >= 0.6 is 24.0 Å². The zero-order chi connectivity index (χ0) is 20.9. The van der Waals surface area contributed by atoms with Gasteiger partial charge >= 0.3 is 0 Å². The highest BCUT2D eigenvalue weighted by Gasteiger charge is 2.32. The Morgan fingerprint density at radius 1 is 0.967 bits per heavy atom. The van der Waals surface area contributed by atoms with E-state index in [4.69, 9.17) is 17.0 Å². The summed E-state index contributed by atoms with van der Waals surface area (Å²) in [6.07, 6.45) is 1.87. The lowest BCUT2D eigenvalue weighted by Gasteiger charge is -2.14. The molecule has 1 aliphatic rings. The Kier molecular flexibility index (Phi) is 6.31. The lowest BCUT2D eigenvalue weighted by atomic mass is 10.1. The molecule has 30 heavy (non-hydrogen) atoms. The first-order valence-corrected chi connectivity index (χ1v) is 10.9. The summed E-state index contributed by atoms with van der Waals surface area (Å²) in [4.78, 5) is 15.2. The molecule has 0 aliphatic carbocycles. The van der Waals surface area contributed by atoms with Gasteiger partial charge < -0.3 is 4.74 Å². The summed E-state index contributed by atoms with van der Waals surface area (Å²) in [6, 6.07) is 25.8. The number of amides is 1. The Morgan fingerprint density at radius 2 is 1.67 bits per heavy atom. The lowest BCUT2D eigenvalue weighted by Crippen LogP contribution is -2.27. The summed E-state index contributed by atoms with van der Waals surface area (Å²) in [5.41, 5.74) is 4.25. The number of benzene rings is 3. The van der Waals surface area contributed by atoms with Crippen molar-refractivity contribution in [2.45, 2.75) is 20.1 Å². The van der Waals surface area contributed by atoms with E-state index in [9.17, 15) is 4.79 Å². The molecule has 1 amide bonds. The van der Waals surface area contributed by atoms with Crippen LogP contribution in [0.25, 0.3) is 6.08 Å². The van der Waals surface area contributed by atoms with Gasteiger partial charge in [-0.05, 0) is 35.8 Å². The number of hydrogen-bond acceptors (Lipinski definition) is 4. The topological polar surface area (TPSA) is 29.5 Å².